The summed E-state index contributed by atoms with van der Waals surface area (Å²) in [5.74, 6) is 0. The fourth-order valence-electron chi connectivity index (χ4n) is 2.12. The standard InChI is InChI=1S/C15H15F3OS/c1-2-11-6-7-20-14(11)13(19)9-10-4-3-5-12(8-10)15(16,17)18/h3-8,13,19H,2,9H2,1H3. The van der Waals surface area contributed by atoms with Crippen molar-refractivity contribution in [2.75, 3.05) is 0 Å². The first-order valence-corrected chi connectivity index (χ1v) is 7.20. The molecule has 1 nitrogen and oxygen atoms in total. The summed E-state index contributed by atoms with van der Waals surface area (Å²) in [6, 6.07) is 7.06. The Morgan fingerprint density at radius 1 is 1.25 bits per heavy atom. The molecule has 1 aromatic carbocycles. The van der Waals surface area contributed by atoms with Gasteiger partial charge in [-0.3, -0.25) is 0 Å². The van der Waals surface area contributed by atoms with Crippen LogP contribution in [0.25, 0.3) is 0 Å². The maximum atomic E-state index is 12.6. The molecule has 0 aliphatic carbocycles. The maximum absolute atomic E-state index is 12.6. The highest BCUT2D eigenvalue weighted by atomic mass is 32.1. The van der Waals surface area contributed by atoms with Gasteiger partial charge in [-0.25, -0.2) is 0 Å². The minimum Gasteiger partial charge on any atom is -0.387 e. The van der Waals surface area contributed by atoms with E-state index < -0.39 is 17.8 Å². The second-order valence-corrected chi connectivity index (χ2v) is 5.53. The molecule has 1 N–H and O–H groups in total. The van der Waals surface area contributed by atoms with Gasteiger partial charge in [0, 0.05) is 11.3 Å². The maximum Gasteiger partial charge on any atom is 0.416 e. The molecule has 0 spiro atoms. The van der Waals surface area contributed by atoms with Crippen molar-refractivity contribution >= 4 is 11.3 Å². The first-order chi connectivity index (χ1) is 9.41. The molecule has 2 rings (SSSR count). The molecule has 108 valence electrons. The lowest BCUT2D eigenvalue weighted by molar-refractivity contribution is -0.137. The van der Waals surface area contributed by atoms with Gasteiger partial charge in [-0.1, -0.05) is 25.1 Å². The lowest BCUT2D eigenvalue weighted by Crippen LogP contribution is -2.07. The second kappa shape index (κ2) is 5.97. The Morgan fingerprint density at radius 2 is 2.00 bits per heavy atom. The third-order valence-electron chi connectivity index (χ3n) is 3.15. The van der Waals surface area contributed by atoms with Gasteiger partial charge < -0.3 is 5.11 Å². The average molecular weight is 300 g/mol. The largest absolute Gasteiger partial charge is 0.416 e. The van der Waals surface area contributed by atoms with E-state index >= 15 is 0 Å². The van der Waals surface area contributed by atoms with E-state index in [9.17, 15) is 18.3 Å². The number of benzene rings is 1. The lowest BCUT2D eigenvalue weighted by Gasteiger charge is -2.13. The number of aliphatic hydroxyl groups is 1. The van der Waals surface area contributed by atoms with Gasteiger partial charge in [0.25, 0.3) is 0 Å². The van der Waals surface area contributed by atoms with Crippen LogP contribution in [-0.2, 0) is 19.0 Å². The summed E-state index contributed by atoms with van der Waals surface area (Å²) in [5, 5.41) is 12.1. The van der Waals surface area contributed by atoms with Crippen LogP contribution in [0.3, 0.4) is 0 Å². The Balaban J connectivity index is 2.18. The summed E-state index contributed by atoms with van der Waals surface area (Å²) < 4.78 is 37.9. The van der Waals surface area contributed by atoms with Crippen LogP contribution < -0.4 is 0 Å². The van der Waals surface area contributed by atoms with Crippen molar-refractivity contribution in [1.82, 2.24) is 0 Å². The van der Waals surface area contributed by atoms with Crippen LogP contribution in [0.2, 0.25) is 0 Å². The molecule has 5 heteroatoms. The molecule has 1 atom stereocenters. The van der Waals surface area contributed by atoms with Crippen molar-refractivity contribution < 1.29 is 18.3 Å². The first-order valence-electron chi connectivity index (χ1n) is 6.32. The number of thiophene rings is 1. The van der Waals surface area contributed by atoms with Crippen LogP contribution in [0, 0.1) is 0 Å². The fraction of sp³-hybridized carbons (Fsp3) is 0.333. The molecule has 0 aliphatic rings. The van der Waals surface area contributed by atoms with Crippen LogP contribution in [0.5, 0.6) is 0 Å². The van der Waals surface area contributed by atoms with Crippen molar-refractivity contribution in [2.24, 2.45) is 0 Å². The predicted octanol–water partition coefficient (Wildman–Crippen LogP) is 4.61. The van der Waals surface area contributed by atoms with E-state index in [0.717, 1.165) is 29.0 Å². The summed E-state index contributed by atoms with van der Waals surface area (Å²) in [5.41, 5.74) is 0.862. The summed E-state index contributed by atoms with van der Waals surface area (Å²) in [6.45, 7) is 1.99. The minimum atomic E-state index is -4.35. The molecular formula is C15H15F3OS. The van der Waals surface area contributed by atoms with Crippen LogP contribution in [-0.4, -0.2) is 5.11 Å². The third kappa shape index (κ3) is 3.41. The van der Waals surface area contributed by atoms with Gasteiger partial charge in [-0.2, -0.15) is 13.2 Å². The molecule has 0 saturated heterocycles. The van der Waals surface area contributed by atoms with E-state index in [4.69, 9.17) is 0 Å². The van der Waals surface area contributed by atoms with Crippen molar-refractivity contribution in [3.63, 3.8) is 0 Å². The topological polar surface area (TPSA) is 20.2 Å². The number of hydrogen-bond acceptors (Lipinski definition) is 2. The van der Waals surface area contributed by atoms with Crippen LogP contribution in [0.1, 0.15) is 34.6 Å². The zero-order valence-corrected chi connectivity index (χ0v) is 11.8. The third-order valence-corrected chi connectivity index (χ3v) is 4.21. The van der Waals surface area contributed by atoms with Gasteiger partial charge in [0.15, 0.2) is 0 Å². The second-order valence-electron chi connectivity index (χ2n) is 4.58. The Bertz CT molecular complexity index is 574. The highest BCUT2D eigenvalue weighted by Crippen LogP contribution is 2.32. The Labute approximate surface area is 119 Å². The van der Waals surface area contributed by atoms with Crippen molar-refractivity contribution in [2.45, 2.75) is 32.0 Å². The van der Waals surface area contributed by atoms with Crippen molar-refractivity contribution in [1.29, 1.82) is 0 Å². The van der Waals surface area contributed by atoms with Crippen molar-refractivity contribution in [3.05, 3.63) is 57.3 Å². The Hall–Kier alpha value is -1.33. The number of hydrogen-bond donors (Lipinski definition) is 1. The Morgan fingerprint density at radius 3 is 2.65 bits per heavy atom. The quantitative estimate of drug-likeness (QED) is 0.874. The molecule has 0 amide bonds. The minimum absolute atomic E-state index is 0.192. The summed E-state index contributed by atoms with van der Waals surface area (Å²) in [6.07, 6.45) is -4.11. The number of aliphatic hydroxyl groups excluding tert-OH is 1. The molecule has 1 aromatic heterocycles. The van der Waals surface area contributed by atoms with E-state index in [-0.39, 0.29) is 6.42 Å². The molecule has 0 saturated carbocycles. The SMILES string of the molecule is CCc1ccsc1C(O)Cc1cccc(C(F)(F)F)c1. The van der Waals surface area contributed by atoms with Crippen molar-refractivity contribution in [3.8, 4) is 0 Å². The van der Waals surface area contributed by atoms with E-state index in [1.807, 2.05) is 18.4 Å². The smallest absolute Gasteiger partial charge is 0.387 e. The molecule has 1 heterocycles. The predicted molar refractivity (Wildman–Crippen MR) is 73.8 cm³/mol. The number of halogens is 3. The van der Waals surface area contributed by atoms with Crippen LogP contribution >= 0.6 is 11.3 Å². The first kappa shape index (κ1) is 15.1. The summed E-state index contributed by atoms with van der Waals surface area (Å²) in [7, 11) is 0. The Kier molecular flexibility index (Phi) is 4.50. The lowest BCUT2D eigenvalue weighted by atomic mass is 10.0. The molecule has 0 bridgehead atoms. The van der Waals surface area contributed by atoms with Gasteiger partial charge in [0.2, 0.25) is 0 Å². The molecule has 0 aliphatic heterocycles. The van der Waals surface area contributed by atoms with E-state index in [0.29, 0.717) is 5.56 Å². The average Bonchev–Trinajstić information content (AvgIpc) is 2.86. The van der Waals surface area contributed by atoms with Gasteiger partial charge in [0.1, 0.15) is 0 Å². The molecular weight excluding hydrogens is 285 g/mol. The van der Waals surface area contributed by atoms with Gasteiger partial charge in [-0.15, -0.1) is 11.3 Å². The van der Waals surface area contributed by atoms with Gasteiger partial charge in [0.05, 0.1) is 11.7 Å². The number of alkyl halides is 3. The van der Waals surface area contributed by atoms with Gasteiger partial charge in [-0.05, 0) is 35.1 Å². The fourth-order valence-corrected chi connectivity index (χ4v) is 3.11. The molecule has 2 aromatic rings. The summed E-state index contributed by atoms with van der Waals surface area (Å²) in [4.78, 5) is 0.838. The van der Waals surface area contributed by atoms with E-state index in [2.05, 4.69) is 0 Å². The number of rotatable bonds is 4. The highest BCUT2D eigenvalue weighted by Gasteiger charge is 2.30. The van der Waals surface area contributed by atoms with Crippen LogP contribution in [0.4, 0.5) is 13.2 Å². The highest BCUT2D eigenvalue weighted by molar-refractivity contribution is 7.10. The van der Waals surface area contributed by atoms with Crippen LogP contribution in [0.15, 0.2) is 35.7 Å². The summed E-state index contributed by atoms with van der Waals surface area (Å²) >= 11 is 1.44. The monoisotopic (exact) mass is 300 g/mol. The molecule has 1 unspecified atom stereocenters. The zero-order valence-electron chi connectivity index (χ0n) is 10.9. The molecule has 20 heavy (non-hydrogen) atoms. The number of aryl methyl sites for hydroxylation is 1. The zero-order chi connectivity index (χ0) is 14.8. The van der Waals surface area contributed by atoms with E-state index in [1.165, 1.54) is 17.4 Å². The molecule has 0 radical (unpaired) electrons. The normalized spacial score (nSPS) is 13.4. The van der Waals surface area contributed by atoms with Gasteiger partial charge >= 0.3 is 6.18 Å². The molecule has 0 fully saturated rings. The van der Waals surface area contributed by atoms with E-state index in [1.54, 1.807) is 6.07 Å².